The molecule has 0 aromatic carbocycles. The second-order valence-electron chi connectivity index (χ2n) is 5.03. The Bertz CT molecular complexity index is 330. The predicted octanol–water partition coefficient (Wildman–Crippen LogP) is 1.05. The monoisotopic (exact) mass is 222 g/mol. The van der Waals surface area contributed by atoms with Crippen molar-refractivity contribution in [1.29, 1.82) is 5.26 Å². The van der Waals surface area contributed by atoms with E-state index >= 15 is 0 Å². The lowest BCUT2D eigenvalue weighted by atomic mass is 9.90. The van der Waals surface area contributed by atoms with Gasteiger partial charge in [-0.3, -0.25) is 4.79 Å². The summed E-state index contributed by atoms with van der Waals surface area (Å²) in [6, 6.07) is 2.02. The van der Waals surface area contributed by atoms with Gasteiger partial charge in [0.2, 0.25) is 5.91 Å². The highest BCUT2D eigenvalue weighted by Gasteiger charge is 2.53. The molecule has 0 bridgehead atoms. The zero-order valence-corrected chi connectivity index (χ0v) is 9.65. The lowest BCUT2D eigenvalue weighted by molar-refractivity contribution is -0.139. The molecule has 16 heavy (non-hydrogen) atoms. The van der Waals surface area contributed by atoms with Gasteiger partial charge in [0.25, 0.3) is 0 Å². The zero-order valence-electron chi connectivity index (χ0n) is 9.65. The van der Waals surface area contributed by atoms with E-state index < -0.39 is 11.5 Å². The summed E-state index contributed by atoms with van der Waals surface area (Å²) < 4.78 is 0. The van der Waals surface area contributed by atoms with Crippen LogP contribution in [0.5, 0.6) is 0 Å². The molecule has 2 fully saturated rings. The maximum absolute atomic E-state index is 12.1. The number of carbonyl (C=O) groups is 1. The van der Waals surface area contributed by atoms with E-state index in [2.05, 4.69) is 6.07 Å². The van der Waals surface area contributed by atoms with Crippen LogP contribution in [0.15, 0.2) is 0 Å². The SMILES string of the molecule is CN(C(=O)C1(C#N)CC1)C1CCCCC1O. The Morgan fingerprint density at radius 3 is 2.56 bits per heavy atom. The van der Waals surface area contributed by atoms with E-state index in [1.807, 2.05) is 0 Å². The van der Waals surface area contributed by atoms with Crippen LogP contribution in [-0.4, -0.2) is 35.1 Å². The minimum absolute atomic E-state index is 0.0907. The molecule has 88 valence electrons. The molecule has 0 saturated heterocycles. The molecule has 1 N–H and O–H groups in total. The summed E-state index contributed by atoms with van der Waals surface area (Å²) in [6.07, 6.45) is 4.64. The zero-order chi connectivity index (χ0) is 11.8. The van der Waals surface area contributed by atoms with Crippen molar-refractivity contribution in [1.82, 2.24) is 4.90 Å². The van der Waals surface area contributed by atoms with Crippen molar-refractivity contribution in [3.8, 4) is 6.07 Å². The molecule has 2 atom stereocenters. The number of aliphatic hydroxyl groups is 1. The van der Waals surface area contributed by atoms with E-state index in [1.54, 1.807) is 11.9 Å². The van der Waals surface area contributed by atoms with Gasteiger partial charge >= 0.3 is 0 Å². The molecule has 4 heteroatoms. The first kappa shape index (κ1) is 11.4. The molecule has 0 aromatic rings. The van der Waals surface area contributed by atoms with Crippen molar-refractivity contribution in [2.24, 2.45) is 5.41 Å². The van der Waals surface area contributed by atoms with Gasteiger partial charge in [0.15, 0.2) is 0 Å². The van der Waals surface area contributed by atoms with Gasteiger partial charge in [0, 0.05) is 7.05 Å². The smallest absolute Gasteiger partial charge is 0.243 e. The van der Waals surface area contributed by atoms with E-state index in [9.17, 15) is 9.90 Å². The Morgan fingerprint density at radius 1 is 1.44 bits per heavy atom. The van der Waals surface area contributed by atoms with Gasteiger partial charge in [-0.2, -0.15) is 5.26 Å². The normalized spacial score (nSPS) is 31.6. The van der Waals surface area contributed by atoms with Crippen molar-refractivity contribution in [2.75, 3.05) is 7.05 Å². The highest BCUT2D eigenvalue weighted by molar-refractivity contribution is 5.88. The number of carbonyl (C=O) groups excluding carboxylic acids is 1. The number of nitrogens with zero attached hydrogens (tertiary/aromatic N) is 2. The van der Waals surface area contributed by atoms with Crippen molar-refractivity contribution in [3.63, 3.8) is 0 Å². The summed E-state index contributed by atoms with van der Waals surface area (Å²) in [6.45, 7) is 0. The molecule has 2 aliphatic carbocycles. The molecule has 0 aliphatic heterocycles. The van der Waals surface area contributed by atoms with Crippen LogP contribution in [0.25, 0.3) is 0 Å². The largest absolute Gasteiger partial charge is 0.391 e. The predicted molar refractivity (Wildman–Crippen MR) is 58.3 cm³/mol. The van der Waals surface area contributed by atoms with Crippen LogP contribution in [0.2, 0.25) is 0 Å². The van der Waals surface area contributed by atoms with E-state index in [0.717, 1.165) is 25.7 Å². The van der Waals surface area contributed by atoms with Crippen LogP contribution >= 0.6 is 0 Å². The number of nitriles is 1. The molecule has 0 heterocycles. The third-order valence-electron chi connectivity index (χ3n) is 3.89. The fourth-order valence-electron chi connectivity index (χ4n) is 2.53. The molecule has 0 spiro atoms. The molecule has 0 radical (unpaired) electrons. The third-order valence-corrected chi connectivity index (χ3v) is 3.89. The Kier molecular flexibility index (Phi) is 2.90. The van der Waals surface area contributed by atoms with Gasteiger partial charge in [-0.1, -0.05) is 12.8 Å². The first-order chi connectivity index (χ1) is 7.60. The van der Waals surface area contributed by atoms with E-state index in [-0.39, 0.29) is 11.9 Å². The Morgan fingerprint density at radius 2 is 2.06 bits per heavy atom. The first-order valence-electron chi connectivity index (χ1n) is 5.97. The minimum Gasteiger partial charge on any atom is -0.391 e. The van der Waals surface area contributed by atoms with Crippen LogP contribution < -0.4 is 0 Å². The standard InChI is InChI=1S/C12H18N2O2/c1-14(9-4-2-3-5-10(9)15)11(16)12(8-13)6-7-12/h9-10,15H,2-7H2,1H3. The average Bonchev–Trinajstić information content (AvgIpc) is 3.09. The summed E-state index contributed by atoms with van der Waals surface area (Å²) >= 11 is 0. The fraction of sp³-hybridized carbons (Fsp3) is 0.833. The second kappa shape index (κ2) is 4.06. The number of aliphatic hydroxyl groups excluding tert-OH is 1. The van der Waals surface area contributed by atoms with Crippen LogP contribution in [-0.2, 0) is 4.79 Å². The highest BCUT2D eigenvalue weighted by atomic mass is 16.3. The molecule has 2 unspecified atom stereocenters. The van der Waals surface area contributed by atoms with Crippen molar-refractivity contribution < 1.29 is 9.90 Å². The van der Waals surface area contributed by atoms with E-state index in [0.29, 0.717) is 12.8 Å². The molecular formula is C12H18N2O2. The van der Waals surface area contributed by atoms with Gasteiger partial charge in [0.1, 0.15) is 5.41 Å². The molecule has 2 aliphatic rings. The quantitative estimate of drug-likeness (QED) is 0.759. The van der Waals surface area contributed by atoms with Gasteiger partial charge in [0.05, 0.1) is 18.2 Å². The number of hydrogen-bond donors (Lipinski definition) is 1. The van der Waals surface area contributed by atoms with Crippen LogP contribution in [0.4, 0.5) is 0 Å². The lowest BCUT2D eigenvalue weighted by Gasteiger charge is -2.36. The van der Waals surface area contributed by atoms with Gasteiger partial charge < -0.3 is 10.0 Å². The van der Waals surface area contributed by atoms with Crippen LogP contribution in [0, 0.1) is 16.7 Å². The van der Waals surface area contributed by atoms with Gasteiger partial charge in [-0.15, -0.1) is 0 Å². The van der Waals surface area contributed by atoms with Crippen LogP contribution in [0.1, 0.15) is 38.5 Å². The van der Waals surface area contributed by atoms with E-state index in [1.165, 1.54) is 0 Å². The summed E-state index contributed by atoms with van der Waals surface area (Å²) in [5.74, 6) is -0.0963. The lowest BCUT2D eigenvalue weighted by Crippen LogP contribution is -2.48. The topological polar surface area (TPSA) is 64.3 Å². The van der Waals surface area contributed by atoms with Crippen molar-refractivity contribution >= 4 is 5.91 Å². The average molecular weight is 222 g/mol. The Hall–Kier alpha value is -1.08. The third kappa shape index (κ3) is 1.80. The molecule has 1 amide bonds. The van der Waals surface area contributed by atoms with Gasteiger partial charge in [-0.05, 0) is 25.7 Å². The molecule has 0 aromatic heterocycles. The molecule has 4 nitrogen and oxygen atoms in total. The van der Waals surface area contributed by atoms with E-state index in [4.69, 9.17) is 5.26 Å². The highest BCUT2D eigenvalue weighted by Crippen LogP contribution is 2.47. The first-order valence-corrected chi connectivity index (χ1v) is 5.97. The molecular weight excluding hydrogens is 204 g/mol. The fourth-order valence-corrected chi connectivity index (χ4v) is 2.53. The Labute approximate surface area is 95.9 Å². The van der Waals surface area contributed by atoms with Crippen molar-refractivity contribution in [2.45, 2.75) is 50.7 Å². The second-order valence-corrected chi connectivity index (χ2v) is 5.03. The summed E-state index contributed by atoms with van der Waals surface area (Å²) in [5.41, 5.74) is -0.758. The number of likely N-dealkylation sites (N-methyl/N-ethyl adjacent to an activating group) is 1. The summed E-state index contributed by atoms with van der Waals surface area (Å²) in [4.78, 5) is 13.7. The molecule has 2 rings (SSSR count). The number of hydrogen-bond acceptors (Lipinski definition) is 3. The number of amides is 1. The molecule has 2 saturated carbocycles. The van der Waals surface area contributed by atoms with Crippen molar-refractivity contribution in [3.05, 3.63) is 0 Å². The minimum atomic E-state index is -0.758. The Balaban J connectivity index is 2.04. The van der Waals surface area contributed by atoms with Crippen LogP contribution in [0.3, 0.4) is 0 Å². The maximum atomic E-state index is 12.1. The summed E-state index contributed by atoms with van der Waals surface area (Å²) in [7, 11) is 1.72. The maximum Gasteiger partial charge on any atom is 0.243 e. The number of rotatable bonds is 2. The van der Waals surface area contributed by atoms with Gasteiger partial charge in [-0.25, -0.2) is 0 Å². The summed E-state index contributed by atoms with van der Waals surface area (Å²) in [5, 5.41) is 18.9.